The summed E-state index contributed by atoms with van der Waals surface area (Å²) < 4.78 is 10.3. The fourth-order valence-corrected chi connectivity index (χ4v) is 7.39. The van der Waals surface area contributed by atoms with E-state index in [0.717, 1.165) is 78.6 Å². The lowest BCUT2D eigenvalue weighted by molar-refractivity contribution is 0.0982. The summed E-state index contributed by atoms with van der Waals surface area (Å²) in [5, 5.41) is 11.4. The number of hydrazine groups is 2. The number of rotatable bonds is 8. The predicted octanol–water partition coefficient (Wildman–Crippen LogP) is 6.92. The Morgan fingerprint density at radius 2 is 1.77 bits per heavy atom. The minimum absolute atomic E-state index is 0.0417. The van der Waals surface area contributed by atoms with Crippen molar-refractivity contribution in [3.05, 3.63) is 97.9 Å². The highest BCUT2D eigenvalue weighted by atomic mass is 35.5. The summed E-state index contributed by atoms with van der Waals surface area (Å²) in [4.78, 5) is 16.7. The van der Waals surface area contributed by atoms with Crippen LogP contribution in [-0.2, 0) is 20.0 Å². The first-order valence-electron chi connectivity index (χ1n) is 16.1. The van der Waals surface area contributed by atoms with Gasteiger partial charge in [-0.3, -0.25) is 14.9 Å². The van der Waals surface area contributed by atoms with Gasteiger partial charge in [0.25, 0.3) is 5.91 Å². The second kappa shape index (κ2) is 12.8. The van der Waals surface area contributed by atoms with Crippen LogP contribution in [0.4, 0.5) is 5.69 Å². The molecule has 3 aromatic carbocycles. The van der Waals surface area contributed by atoms with E-state index in [1.807, 2.05) is 79.9 Å². The summed E-state index contributed by atoms with van der Waals surface area (Å²) >= 11 is 13.4. The topological polar surface area (TPSA) is 101 Å². The molecule has 2 aliphatic heterocycles. The van der Waals surface area contributed by atoms with Crippen molar-refractivity contribution >= 4 is 51.5 Å². The van der Waals surface area contributed by atoms with Crippen LogP contribution in [0.1, 0.15) is 57.0 Å². The summed E-state index contributed by atoms with van der Waals surface area (Å²) in [5.41, 5.74) is 18.6. The summed E-state index contributed by atoms with van der Waals surface area (Å²) in [5.74, 6) is 1.40. The second-order valence-corrected chi connectivity index (χ2v) is 13.3. The van der Waals surface area contributed by atoms with Crippen molar-refractivity contribution in [3.63, 3.8) is 0 Å². The molecule has 2 aliphatic rings. The van der Waals surface area contributed by atoms with Gasteiger partial charge in [0.05, 0.1) is 22.8 Å². The Balaban J connectivity index is 1.32. The molecule has 0 bridgehead atoms. The van der Waals surface area contributed by atoms with Crippen molar-refractivity contribution in [1.82, 2.24) is 30.8 Å². The van der Waals surface area contributed by atoms with Crippen LogP contribution in [0.15, 0.2) is 53.6 Å². The van der Waals surface area contributed by atoms with Gasteiger partial charge in [0.15, 0.2) is 5.84 Å². The highest BCUT2D eigenvalue weighted by Gasteiger charge is 2.32. The molecule has 0 unspecified atom stereocenters. The van der Waals surface area contributed by atoms with Gasteiger partial charge in [-0.1, -0.05) is 41.4 Å². The maximum atomic E-state index is 14.8. The molecular weight excluding hydrogens is 647 g/mol. The maximum absolute atomic E-state index is 14.8. The van der Waals surface area contributed by atoms with Crippen LogP contribution in [0.2, 0.25) is 10.0 Å². The van der Waals surface area contributed by atoms with E-state index in [-0.39, 0.29) is 5.91 Å². The number of carbonyl (C=O) groups is 1. The fourth-order valence-electron chi connectivity index (χ4n) is 7.04. The highest BCUT2D eigenvalue weighted by molar-refractivity contribution is 6.35. The number of anilines is 1. The van der Waals surface area contributed by atoms with Crippen molar-refractivity contribution in [1.29, 1.82) is 0 Å². The van der Waals surface area contributed by atoms with Crippen LogP contribution in [0.25, 0.3) is 22.0 Å². The molecule has 7 rings (SSSR count). The zero-order chi connectivity index (χ0) is 33.7. The molecule has 248 valence electrons. The molecule has 4 heterocycles. The zero-order valence-electron chi connectivity index (χ0n) is 27.7. The average Bonchev–Trinajstić information content (AvgIpc) is 3.74. The first kappa shape index (κ1) is 32.1. The first-order valence-corrected chi connectivity index (χ1v) is 16.9. The standard InChI is InChI=1S/C36H38Cl2N8O2/c1-20-17-26(18-21(2)32(20)38)48-16-7-11-27-28-12-13-29(37)31(30-22(3)41-44(5)23(30)4)33(28)46-15-8-14-45(36(47)34(27)46)25-10-6-9-24(19-25)35-39-42-43-40-35/h6,9-10,12-13,17-19,42-43H,7-8,11,14-16H2,1-5H3,(H,39,40). The molecule has 12 heteroatoms. The molecule has 48 heavy (non-hydrogen) atoms. The Morgan fingerprint density at radius 3 is 2.48 bits per heavy atom. The van der Waals surface area contributed by atoms with Crippen LogP contribution in [0.3, 0.4) is 0 Å². The van der Waals surface area contributed by atoms with E-state index in [2.05, 4.69) is 39.2 Å². The molecule has 10 nitrogen and oxygen atoms in total. The van der Waals surface area contributed by atoms with Crippen molar-refractivity contribution in [3.8, 4) is 16.9 Å². The maximum Gasteiger partial charge on any atom is 0.275 e. The number of carbonyl (C=O) groups excluding carboxylic acids is 1. The quantitative estimate of drug-likeness (QED) is 0.154. The number of hydrogen-bond acceptors (Lipinski definition) is 7. The smallest absolute Gasteiger partial charge is 0.275 e. The van der Waals surface area contributed by atoms with Crippen LogP contribution in [0, 0.1) is 27.7 Å². The summed E-state index contributed by atoms with van der Waals surface area (Å²) in [6.45, 7) is 9.77. The lowest BCUT2D eigenvalue weighted by Crippen LogP contribution is -2.35. The number of aromatic nitrogens is 3. The van der Waals surface area contributed by atoms with E-state index in [4.69, 9.17) is 33.0 Å². The van der Waals surface area contributed by atoms with Gasteiger partial charge in [0.2, 0.25) is 0 Å². The van der Waals surface area contributed by atoms with Crippen molar-refractivity contribution in [2.24, 2.45) is 12.1 Å². The molecule has 2 aromatic heterocycles. The van der Waals surface area contributed by atoms with Gasteiger partial charge >= 0.3 is 0 Å². The van der Waals surface area contributed by atoms with Crippen LogP contribution in [0.5, 0.6) is 5.75 Å². The van der Waals surface area contributed by atoms with E-state index >= 15 is 0 Å². The molecule has 3 N–H and O–H groups in total. The number of benzene rings is 3. The number of nitrogens with zero attached hydrogens (tertiary/aromatic N) is 5. The highest BCUT2D eigenvalue weighted by Crippen LogP contribution is 2.43. The number of ether oxygens (including phenoxy) is 1. The zero-order valence-corrected chi connectivity index (χ0v) is 29.2. The second-order valence-electron chi connectivity index (χ2n) is 12.5. The molecule has 5 aromatic rings. The number of fused-ring (bicyclic) bond motifs is 3. The Labute approximate surface area is 289 Å². The molecule has 0 aliphatic carbocycles. The predicted molar refractivity (Wildman–Crippen MR) is 192 cm³/mol. The third-order valence-electron chi connectivity index (χ3n) is 9.33. The van der Waals surface area contributed by atoms with Gasteiger partial charge in [-0.05, 0) is 94.0 Å². The van der Waals surface area contributed by atoms with Gasteiger partial charge < -0.3 is 14.2 Å². The molecule has 1 amide bonds. The number of nitrogens with one attached hydrogen (secondary N) is 3. The molecular formula is C36H38Cl2N8O2. The van der Waals surface area contributed by atoms with E-state index in [0.29, 0.717) is 49.1 Å². The largest absolute Gasteiger partial charge is 0.494 e. The van der Waals surface area contributed by atoms with Crippen molar-refractivity contribution in [2.75, 3.05) is 18.1 Å². The summed E-state index contributed by atoms with van der Waals surface area (Å²) in [7, 11) is 1.95. The number of amides is 1. The van der Waals surface area contributed by atoms with Gasteiger partial charge in [-0.15, -0.1) is 10.6 Å². The van der Waals surface area contributed by atoms with Gasteiger partial charge in [-0.2, -0.15) is 5.10 Å². The van der Waals surface area contributed by atoms with E-state index in [1.54, 1.807) is 0 Å². The molecule has 0 fully saturated rings. The summed E-state index contributed by atoms with van der Waals surface area (Å²) in [6.07, 6.45) is 2.13. The van der Waals surface area contributed by atoms with Gasteiger partial charge in [0, 0.05) is 58.6 Å². The van der Waals surface area contributed by atoms with Crippen LogP contribution >= 0.6 is 23.2 Å². The lowest BCUT2D eigenvalue weighted by atomic mass is 9.98. The Morgan fingerprint density at radius 1 is 0.979 bits per heavy atom. The first-order chi connectivity index (χ1) is 23.1. The van der Waals surface area contributed by atoms with E-state index < -0.39 is 0 Å². The van der Waals surface area contributed by atoms with Crippen LogP contribution in [-0.4, -0.2) is 39.2 Å². The average molecular weight is 686 g/mol. The van der Waals surface area contributed by atoms with E-state index in [1.165, 1.54) is 0 Å². The minimum Gasteiger partial charge on any atom is -0.494 e. The van der Waals surface area contributed by atoms with Crippen molar-refractivity contribution in [2.45, 2.75) is 53.5 Å². The molecule has 0 saturated carbocycles. The third-order valence-corrected chi connectivity index (χ3v) is 10.2. The SMILES string of the molecule is Cc1cc(OCCCc2c3n(c4c(-c5c(C)nn(C)c5C)c(Cl)ccc24)CCCN(c2cccc(C4=NNNN4)c2)C3=O)cc(C)c1Cl. The number of hydrogen-bond donors (Lipinski definition) is 3. The van der Waals surface area contributed by atoms with Gasteiger partial charge in [-0.25, -0.2) is 5.53 Å². The molecule has 0 spiro atoms. The molecule has 0 saturated heterocycles. The third kappa shape index (κ3) is 5.57. The Kier molecular flexibility index (Phi) is 8.57. The number of aryl methyl sites for hydroxylation is 6. The number of amidine groups is 1. The fraction of sp³-hybridized carbons (Fsp3) is 0.306. The van der Waals surface area contributed by atoms with E-state index in [9.17, 15) is 4.79 Å². The Bertz CT molecular complexity index is 2090. The van der Waals surface area contributed by atoms with Gasteiger partial charge in [0.1, 0.15) is 11.4 Å². The van der Waals surface area contributed by atoms with Crippen LogP contribution < -0.4 is 26.1 Å². The number of halogens is 2. The molecule has 0 atom stereocenters. The van der Waals surface area contributed by atoms with Crippen molar-refractivity contribution < 1.29 is 9.53 Å². The minimum atomic E-state index is -0.0417. The summed E-state index contributed by atoms with van der Waals surface area (Å²) in [6, 6.07) is 15.8. The number of hydrazone groups is 1. The molecule has 0 radical (unpaired) electrons. The lowest BCUT2D eigenvalue weighted by Gasteiger charge is -2.22. The normalized spacial score (nSPS) is 14.5. The Hall–Kier alpha value is -4.51. The monoisotopic (exact) mass is 684 g/mol.